The first kappa shape index (κ1) is 10.6. The van der Waals surface area contributed by atoms with Crippen molar-refractivity contribution < 1.29 is 14.6 Å². The van der Waals surface area contributed by atoms with Crippen LogP contribution in [0.15, 0.2) is 0 Å². The van der Waals surface area contributed by atoms with Gasteiger partial charge >= 0.3 is 0 Å². The first-order valence-corrected chi connectivity index (χ1v) is 3.62. The fraction of sp³-hybridized carbons (Fsp3) is 0.875. The molecule has 0 saturated carbocycles. The van der Waals surface area contributed by atoms with Gasteiger partial charge in [-0.2, -0.15) is 0 Å². The summed E-state index contributed by atoms with van der Waals surface area (Å²) < 4.78 is 4.55. The lowest BCUT2D eigenvalue weighted by atomic mass is 9.89. The summed E-state index contributed by atoms with van der Waals surface area (Å²) in [7, 11) is 1.38. The van der Waals surface area contributed by atoms with Crippen LogP contribution in [-0.4, -0.2) is 24.3 Å². The van der Waals surface area contributed by atoms with E-state index in [0.29, 0.717) is 0 Å². The summed E-state index contributed by atoms with van der Waals surface area (Å²) in [5.74, 6) is 0.00634. The Kier molecular flexibility index (Phi) is 3.69. The summed E-state index contributed by atoms with van der Waals surface area (Å²) in [5.41, 5.74) is -0.389. The van der Waals surface area contributed by atoms with Crippen LogP contribution in [0.2, 0.25) is 0 Å². The van der Waals surface area contributed by atoms with Gasteiger partial charge in [-0.1, -0.05) is 20.8 Å². The van der Waals surface area contributed by atoms with Gasteiger partial charge in [-0.3, -0.25) is 4.79 Å². The number of aliphatic hydroxyl groups excluding tert-OH is 1. The molecule has 0 amide bonds. The van der Waals surface area contributed by atoms with Gasteiger partial charge in [0.05, 0.1) is 6.42 Å². The van der Waals surface area contributed by atoms with Gasteiger partial charge in [0.15, 0.2) is 6.29 Å². The van der Waals surface area contributed by atoms with Gasteiger partial charge in [0.25, 0.3) is 0 Å². The predicted octanol–water partition coefficient (Wildman–Crippen LogP) is 0.957. The molecule has 11 heavy (non-hydrogen) atoms. The number of methoxy groups -OCH3 is 1. The zero-order chi connectivity index (χ0) is 9.07. The van der Waals surface area contributed by atoms with Crippen LogP contribution in [0.4, 0.5) is 0 Å². The number of aliphatic hydroxyl groups is 1. The minimum Gasteiger partial charge on any atom is -0.368 e. The average molecular weight is 160 g/mol. The molecule has 3 nitrogen and oxygen atoms in total. The van der Waals surface area contributed by atoms with Gasteiger partial charge in [-0.05, 0) is 0 Å². The second-order valence-electron chi connectivity index (χ2n) is 3.57. The molecule has 66 valence electrons. The summed E-state index contributed by atoms with van der Waals surface area (Å²) in [6, 6.07) is 0. The van der Waals surface area contributed by atoms with Gasteiger partial charge in [0.2, 0.25) is 0 Å². The summed E-state index contributed by atoms with van der Waals surface area (Å²) >= 11 is 0. The zero-order valence-corrected chi connectivity index (χ0v) is 7.55. The number of hydrogen-bond donors (Lipinski definition) is 1. The number of ether oxygens (including phenoxy) is 1. The van der Waals surface area contributed by atoms with E-state index in [2.05, 4.69) is 4.74 Å². The molecule has 0 fully saturated rings. The maximum atomic E-state index is 11.2. The molecule has 0 unspecified atom stereocenters. The minimum absolute atomic E-state index is 0.00634. The monoisotopic (exact) mass is 160 g/mol. The third-order valence-corrected chi connectivity index (χ3v) is 1.47. The van der Waals surface area contributed by atoms with Gasteiger partial charge in [-0.15, -0.1) is 0 Å². The van der Waals surface area contributed by atoms with Crippen LogP contribution < -0.4 is 0 Å². The van der Waals surface area contributed by atoms with E-state index >= 15 is 0 Å². The van der Waals surface area contributed by atoms with Crippen LogP contribution in [0.1, 0.15) is 27.2 Å². The summed E-state index contributed by atoms with van der Waals surface area (Å²) in [4.78, 5) is 11.2. The number of hydrogen-bond acceptors (Lipinski definition) is 3. The highest BCUT2D eigenvalue weighted by Gasteiger charge is 2.23. The highest BCUT2D eigenvalue weighted by molar-refractivity contribution is 5.83. The van der Waals surface area contributed by atoms with Crippen LogP contribution in [0.3, 0.4) is 0 Å². The third-order valence-electron chi connectivity index (χ3n) is 1.47. The Balaban J connectivity index is 3.88. The molecule has 1 atom stereocenters. The number of carbonyl (C=O) groups is 1. The van der Waals surface area contributed by atoms with Gasteiger partial charge < -0.3 is 9.84 Å². The van der Waals surface area contributed by atoms with Crippen LogP contribution in [0, 0.1) is 5.41 Å². The quantitative estimate of drug-likeness (QED) is 0.625. The topological polar surface area (TPSA) is 46.5 Å². The molecule has 0 saturated heterocycles. The van der Waals surface area contributed by atoms with E-state index in [0.717, 1.165) is 0 Å². The van der Waals surface area contributed by atoms with E-state index in [4.69, 9.17) is 5.11 Å². The van der Waals surface area contributed by atoms with Crippen molar-refractivity contribution in [3.63, 3.8) is 0 Å². The Morgan fingerprint density at radius 1 is 1.55 bits per heavy atom. The van der Waals surface area contributed by atoms with Crippen molar-refractivity contribution in [2.45, 2.75) is 33.5 Å². The Bertz CT molecular complexity index is 135. The van der Waals surface area contributed by atoms with E-state index in [-0.39, 0.29) is 17.6 Å². The smallest absolute Gasteiger partial charge is 0.161 e. The molecule has 0 aliphatic heterocycles. The minimum atomic E-state index is -0.957. The van der Waals surface area contributed by atoms with E-state index < -0.39 is 6.29 Å². The summed E-state index contributed by atoms with van der Waals surface area (Å²) in [6.07, 6.45) is -0.887. The van der Waals surface area contributed by atoms with Crippen molar-refractivity contribution >= 4 is 5.78 Å². The van der Waals surface area contributed by atoms with Crippen molar-refractivity contribution in [2.24, 2.45) is 5.41 Å². The maximum Gasteiger partial charge on any atom is 0.161 e. The standard InChI is InChI=1S/C8H16O3/c1-8(2,3)6(9)5-7(10)11-4/h7,10H,5H2,1-4H3/t7-/m1/s1. The van der Waals surface area contributed by atoms with Crippen molar-refractivity contribution in [3.8, 4) is 0 Å². The highest BCUT2D eigenvalue weighted by atomic mass is 16.6. The van der Waals surface area contributed by atoms with E-state index in [9.17, 15) is 4.79 Å². The summed E-state index contributed by atoms with van der Waals surface area (Å²) in [6.45, 7) is 5.45. The molecule has 1 N–H and O–H groups in total. The van der Waals surface area contributed by atoms with Crippen LogP contribution in [-0.2, 0) is 9.53 Å². The van der Waals surface area contributed by atoms with Crippen molar-refractivity contribution in [1.82, 2.24) is 0 Å². The maximum absolute atomic E-state index is 11.2. The summed E-state index contributed by atoms with van der Waals surface area (Å²) in [5, 5.41) is 8.95. The van der Waals surface area contributed by atoms with Crippen LogP contribution >= 0.6 is 0 Å². The second-order valence-corrected chi connectivity index (χ2v) is 3.57. The number of rotatable bonds is 3. The molecule has 0 aliphatic carbocycles. The molecule has 0 radical (unpaired) electrons. The molecule has 0 aromatic heterocycles. The predicted molar refractivity (Wildman–Crippen MR) is 42.1 cm³/mol. The van der Waals surface area contributed by atoms with Crippen LogP contribution in [0.5, 0.6) is 0 Å². The first-order valence-electron chi connectivity index (χ1n) is 3.62. The Morgan fingerprint density at radius 2 is 2.00 bits per heavy atom. The Morgan fingerprint density at radius 3 is 2.27 bits per heavy atom. The molecule has 0 aromatic rings. The molecular formula is C8H16O3. The van der Waals surface area contributed by atoms with Gasteiger partial charge in [0, 0.05) is 12.5 Å². The van der Waals surface area contributed by atoms with E-state index in [1.807, 2.05) is 20.8 Å². The number of Topliss-reactive ketones (excluding diaryl/α,β-unsaturated/α-hetero) is 1. The Labute approximate surface area is 67.4 Å². The highest BCUT2D eigenvalue weighted by Crippen LogP contribution is 2.17. The first-order chi connectivity index (χ1) is 4.88. The van der Waals surface area contributed by atoms with Gasteiger partial charge in [0.1, 0.15) is 5.78 Å². The largest absolute Gasteiger partial charge is 0.368 e. The lowest BCUT2D eigenvalue weighted by Crippen LogP contribution is -2.25. The van der Waals surface area contributed by atoms with Crippen LogP contribution in [0.25, 0.3) is 0 Å². The Hall–Kier alpha value is -0.410. The fourth-order valence-corrected chi connectivity index (χ4v) is 0.548. The SMILES string of the molecule is CO[C@@H](O)CC(=O)C(C)(C)C. The lowest BCUT2D eigenvalue weighted by molar-refractivity contribution is -0.138. The number of carbonyl (C=O) groups excluding carboxylic acids is 1. The van der Waals surface area contributed by atoms with Crippen molar-refractivity contribution in [2.75, 3.05) is 7.11 Å². The third kappa shape index (κ3) is 4.11. The molecule has 0 bridgehead atoms. The average Bonchev–Trinajstić information content (AvgIpc) is 1.85. The molecule has 3 heteroatoms. The molecule has 0 rings (SSSR count). The molecule has 0 aromatic carbocycles. The van der Waals surface area contributed by atoms with Gasteiger partial charge in [-0.25, -0.2) is 0 Å². The second kappa shape index (κ2) is 3.83. The van der Waals surface area contributed by atoms with Crippen molar-refractivity contribution in [3.05, 3.63) is 0 Å². The number of ketones is 1. The molecular weight excluding hydrogens is 144 g/mol. The fourth-order valence-electron chi connectivity index (χ4n) is 0.548. The lowest BCUT2D eigenvalue weighted by Gasteiger charge is -2.18. The van der Waals surface area contributed by atoms with E-state index in [1.165, 1.54) is 7.11 Å². The van der Waals surface area contributed by atoms with Crippen molar-refractivity contribution in [1.29, 1.82) is 0 Å². The molecule has 0 heterocycles. The molecule has 0 aliphatic rings. The van der Waals surface area contributed by atoms with E-state index in [1.54, 1.807) is 0 Å². The zero-order valence-electron chi connectivity index (χ0n) is 7.55. The normalized spacial score (nSPS) is 14.6. The molecule has 0 spiro atoms.